The van der Waals surface area contributed by atoms with Crippen LogP contribution in [0.15, 0.2) is 82.8 Å². The number of aromatic carboxylic acids is 1. The molecule has 3 rings (SSSR count). The van der Waals surface area contributed by atoms with Crippen molar-refractivity contribution in [2.24, 2.45) is 5.10 Å². The largest absolute Gasteiger partial charge is 0.478 e. The molecule has 0 heterocycles. The lowest BCUT2D eigenvalue weighted by atomic mass is 10.1. The third-order valence-corrected chi connectivity index (χ3v) is 7.06. The zero-order valence-electron chi connectivity index (χ0n) is 17.6. The lowest BCUT2D eigenvalue weighted by Crippen LogP contribution is -2.39. The van der Waals surface area contributed by atoms with E-state index in [9.17, 15) is 18.0 Å². The lowest BCUT2D eigenvalue weighted by Gasteiger charge is -2.22. The van der Waals surface area contributed by atoms with Crippen molar-refractivity contribution in [3.63, 3.8) is 0 Å². The maximum atomic E-state index is 13.3. The van der Waals surface area contributed by atoms with Gasteiger partial charge in [0.25, 0.3) is 5.91 Å². The van der Waals surface area contributed by atoms with Crippen LogP contribution in [0.4, 0.5) is 0 Å². The third kappa shape index (κ3) is 6.64. The first-order chi connectivity index (χ1) is 16.2. The SMILES string of the molecule is O=C(CN(Cc1ccccc1Cl)S(=O)(=O)c1ccc(Cl)cc1)N/N=C\c1ccc(C(=O)O)cc1. The molecular formula is C23H19Cl2N3O5S. The second kappa shape index (κ2) is 11.3. The number of halogens is 2. The Kier molecular flexibility index (Phi) is 8.41. The fourth-order valence-corrected chi connectivity index (χ4v) is 4.58. The van der Waals surface area contributed by atoms with Crippen LogP contribution in [0.25, 0.3) is 0 Å². The van der Waals surface area contributed by atoms with E-state index in [1.54, 1.807) is 24.3 Å². The molecular weight excluding hydrogens is 501 g/mol. The number of rotatable bonds is 9. The Hall–Kier alpha value is -3.24. The number of carboxylic acid groups (broad SMARTS) is 1. The summed E-state index contributed by atoms with van der Waals surface area (Å²) in [7, 11) is -4.07. The van der Waals surface area contributed by atoms with Crippen LogP contribution >= 0.6 is 23.2 Å². The molecule has 0 bridgehead atoms. The Balaban J connectivity index is 1.77. The molecule has 0 unspecified atom stereocenters. The minimum absolute atomic E-state index is 0.0289. The van der Waals surface area contributed by atoms with Gasteiger partial charge < -0.3 is 5.11 Å². The second-order valence-corrected chi connectivity index (χ2v) is 9.82. The highest BCUT2D eigenvalue weighted by Crippen LogP contribution is 2.23. The van der Waals surface area contributed by atoms with Crippen LogP contribution in [0.5, 0.6) is 0 Å². The fraction of sp³-hybridized carbons (Fsp3) is 0.0870. The van der Waals surface area contributed by atoms with Gasteiger partial charge in [0.1, 0.15) is 0 Å². The van der Waals surface area contributed by atoms with Gasteiger partial charge in [-0.2, -0.15) is 9.41 Å². The van der Waals surface area contributed by atoms with Crippen LogP contribution in [0.2, 0.25) is 10.0 Å². The predicted molar refractivity (Wildman–Crippen MR) is 130 cm³/mol. The third-order valence-electron chi connectivity index (χ3n) is 4.64. The van der Waals surface area contributed by atoms with Gasteiger partial charge in [-0.25, -0.2) is 18.6 Å². The molecule has 0 fully saturated rings. The monoisotopic (exact) mass is 519 g/mol. The zero-order chi connectivity index (χ0) is 24.7. The predicted octanol–water partition coefficient (Wildman–Crippen LogP) is 4.03. The number of carboxylic acids is 1. The van der Waals surface area contributed by atoms with Crippen molar-refractivity contribution in [1.82, 2.24) is 9.73 Å². The molecule has 0 aliphatic rings. The quantitative estimate of drug-likeness (QED) is 0.327. The number of hydrogen-bond acceptors (Lipinski definition) is 5. The van der Waals surface area contributed by atoms with E-state index in [1.807, 2.05) is 0 Å². The number of carbonyl (C=O) groups excluding carboxylic acids is 1. The van der Waals surface area contributed by atoms with Crippen LogP contribution in [-0.2, 0) is 21.4 Å². The molecule has 176 valence electrons. The van der Waals surface area contributed by atoms with E-state index in [0.717, 1.165) is 4.31 Å². The van der Waals surface area contributed by atoms with Gasteiger partial charge in [0, 0.05) is 16.6 Å². The van der Waals surface area contributed by atoms with Gasteiger partial charge in [-0.3, -0.25) is 4.79 Å². The molecule has 3 aromatic rings. The Morgan fingerprint density at radius 2 is 1.62 bits per heavy atom. The maximum absolute atomic E-state index is 13.3. The molecule has 0 radical (unpaired) electrons. The van der Waals surface area contributed by atoms with Crippen LogP contribution in [0.3, 0.4) is 0 Å². The van der Waals surface area contributed by atoms with Crippen molar-refractivity contribution >= 4 is 51.3 Å². The number of nitrogens with zero attached hydrogens (tertiary/aromatic N) is 2. The van der Waals surface area contributed by atoms with E-state index in [-0.39, 0.29) is 17.0 Å². The fourth-order valence-electron chi connectivity index (χ4n) is 2.88. The number of benzene rings is 3. The highest BCUT2D eigenvalue weighted by atomic mass is 35.5. The first-order valence-corrected chi connectivity index (χ1v) is 12.0. The molecule has 0 saturated carbocycles. The van der Waals surface area contributed by atoms with Gasteiger partial charge in [-0.05, 0) is 53.6 Å². The van der Waals surface area contributed by atoms with Crippen LogP contribution in [-0.4, -0.2) is 42.5 Å². The standard InChI is InChI=1S/C23H19Cl2N3O5S/c24-19-9-11-20(12-10-19)34(32,33)28(14-18-3-1-2-4-21(18)25)15-22(29)27-26-13-16-5-7-17(8-6-16)23(30)31/h1-13H,14-15H2,(H,27,29)(H,30,31)/b26-13-. The van der Waals surface area contributed by atoms with Crippen molar-refractivity contribution in [2.45, 2.75) is 11.4 Å². The molecule has 0 aromatic heterocycles. The number of carbonyl (C=O) groups is 2. The van der Waals surface area contributed by atoms with Crippen molar-refractivity contribution in [3.05, 3.63) is 99.5 Å². The minimum Gasteiger partial charge on any atom is -0.478 e. The van der Waals surface area contributed by atoms with E-state index >= 15 is 0 Å². The van der Waals surface area contributed by atoms with Crippen LogP contribution < -0.4 is 5.43 Å². The molecule has 8 nitrogen and oxygen atoms in total. The summed E-state index contributed by atoms with van der Waals surface area (Å²) in [4.78, 5) is 23.4. The Morgan fingerprint density at radius 3 is 2.24 bits per heavy atom. The highest BCUT2D eigenvalue weighted by Gasteiger charge is 2.27. The zero-order valence-corrected chi connectivity index (χ0v) is 19.9. The van der Waals surface area contributed by atoms with Crippen molar-refractivity contribution < 1.29 is 23.1 Å². The summed E-state index contributed by atoms with van der Waals surface area (Å²) in [5.41, 5.74) is 3.47. The summed E-state index contributed by atoms with van der Waals surface area (Å²) in [6.07, 6.45) is 1.32. The summed E-state index contributed by atoms with van der Waals surface area (Å²) in [5.74, 6) is -1.74. The van der Waals surface area contributed by atoms with Gasteiger partial charge in [0.05, 0.1) is 23.2 Å². The molecule has 0 aliphatic carbocycles. The van der Waals surface area contributed by atoms with E-state index in [1.165, 1.54) is 54.7 Å². The first kappa shape index (κ1) is 25.4. The van der Waals surface area contributed by atoms with Crippen molar-refractivity contribution in [3.8, 4) is 0 Å². The van der Waals surface area contributed by atoms with Crippen LogP contribution in [0.1, 0.15) is 21.5 Å². The number of amides is 1. The normalized spacial score (nSPS) is 11.6. The molecule has 0 spiro atoms. The first-order valence-electron chi connectivity index (χ1n) is 9.81. The van der Waals surface area contributed by atoms with E-state index in [4.69, 9.17) is 28.3 Å². The summed E-state index contributed by atoms with van der Waals surface area (Å²) >= 11 is 12.1. The maximum Gasteiger partial charge on any atom is 0.335 e. The van der Waals surface area contributed by atoms with Gasteiger partial charge in [0.15, 0.2) is 0 Å². The van der Waals surface area contributed by atoms with Crippen molar-refractivity contribution in [1.29, 1.82) is 0 Å². The molecule has 0 aliphatic heterocycles. The second-order valence-electron chi connectivity index (χ2n) is 7.04. The molecule has 11 heteroatoms. The molecule has 3 aromatic carbocycles. The van der Waals surface area contributed by atoms with Gasteiger partial charge in [-0.15, -0.1) is 0 Å². The summed E-state index contributed by atoms with van der Waals surface area (Å²) in [6.45, 7) is -0.663. The van der Waals surface area contributed by atoms with Gasteiger partial charge in [-0.1, -0.05) is 53.5 Å². The number of nitrogens with one attached hydrogen (secondary N) is 1. The Bertz CT molecular complexity index is 1310. The lowest BCUT2D eigenvalue weighted by molar-refractivity contribution is -0.121. The molecule has 1 amide bonds. The number of sulfonamides is 1. The summed E-state index contributed by atoms with van der Waals surface area (Å²) in [6, 6.07) is 18.2. The number of hydrogen-bond donors (Lipinski definition) is 2. The van der Waals surface area contributed by atoms with Crippen molar-refractivity contribution in [2.75, 3.05) is 6.54 Å². The highest BCUT2D eigenvalue weighted by molar-refractivity contribution is 7.89. The topological polar surface area (TPSA) is 116 Å². The average Bonchev–Trinajstić information content (AvgIpc) is 2.80. The molecule has 0 atom stereocenters. The summed E-state index contributed by atoms with van der Waals surface area (Å²) < 4.78 is 27.5. The summed E-state index contributed by atoms with van der Waals surface area (Å²) in [5, 5.41) is 13.5. The van der Waals surface area contributed by atoms with Gasteiger partial charge >= 0.3 is 5.97 Å². The Morgan fingerprint density at radius 1 is 0.971 bits per heavy atom. The molecule has 34 heavy (non-hydrogen) atoms. The average molecular weight is 520 g/mol. The van der Waals surface area contributed by atoms with Gasteiger partial charge in [0.2, 0.25) is 10.0 Å². The Labute approximate surface area is 206 Å². The smallest absolute Gasteiger partial charge is 0.335 e. The van der Waals surface area contributed by atoms with Crippen LogP contribution in [0, 0.1) is 0 Å². The van der Waals surface area contributed by atoms with E-state index in [0.29, 0.717) is 21.2 Å². The van der Waals surface area contributed by atoms with E-state index in [2.05, 4.69) is 10.5 Å². The molecule has 2 N–H and O–H groups in total. The minimum atomic E-state index is -4.07. The molecule has 0 saturated heterocycles. The van der Waals surface area contributed by atoms with E-state index < -0.39 is 28.4 Å². The number of hydrazone groups is 1.